The second-order valence-corrected chi connectivity index (χ2v) is 4.86. The first-order valence-corrected chi connectivity index (χ1v) is 6.65. The second kappa shape index (κ2) is 6.18. The number of nitrogens with one attached hydrogen (secondary N) is 1. The summed E-state index contributed by atoms with van der Waals surface area (Å²) in [6, 6.07) is 5.81. The van der Waals surface area contributed by atoms with E-state index in [0.29, 0.717) is 30.0 Å². The van der Waals surface area contributed by atoms with E-state index in [9.17, 15) is 4.79 Å². The van der Waals surface area contributed by atoms with Gasteiger partial charge in [-0.3, -0.25) is 4.79 Å². The first-order chi connectivity index (χ1) is 10.0. The number of hydrogen-bond donors (Lipinski definition) is 1. The molecule has 0 aliphatic rings. The topological polar surface area (TPSA) is 85.7 Å². The van der Waals surface area contributed by atoms with Crippen LogP contribution in [0.2, 0.25) is 0 Å². The molecule has 21 heavy (non-hydrogen) atoms. The average molecular weight is 283 g/mol. The maximum absolute atomic E-state index is 11.8. The summed E-state index contributed by atoms with van der Waals surface area (Å²) in [6.45, 7) is 4.18. The number of hydrogen-bond acceptors (Lipinski definition) is 5. The van der Waals surface area contributed by atoms with Crippen molar-refractivity contribution in [3.8, 4) is 17.5 Å². The molecular weight excluding hydrogens is 266 g/mol. The normalized spacial score (nSPS) is 10.2. The van der Waals surface area contributed by atoms with E-state index in [0.717, 1.165) is 11.4 Å². The summed E-state index contributed by atoms with van der Waals surface area (Å²) >= 11 is 0. The Morgan fingerprint density at radius 3 is 2.71 bits per heavy atom. The van der Waals surface area contributed by atoms with Crippen LogP contribution >= 0.6 is 0 Å². The number of rotatable bonds is 4. The molecular formula is C15H17N5O. The Hall–Kier alpha value is -2.68. The molecule has 0 aliphatic heterocycles. The average Bonchev–Trinajstić information content (AvgIpc) is 2.50. The fraction of sp³-hybridized carbons (Fsp3) is 0.333. The Balaban J connectivity index is 2.27. The maximum Gasteiger partial charge on any atom is 0.254 e. The van der Waals surface area contributed by atoms with Crippen molar-refractivity contribution in [3.63, 3.8) is 0 Å². The summed E-state index contributed by atoms with van der Waals surface area (Å²) in [5.74, 6) is 1.29. The number of aromatic nitrogens is 3. The third-order valence-corrected chi connectivity index (χ3v) is 3.37. The Labute approximate surface area is 123 Å². The molecule has 0 amide bonds. The minimum atomic E-state index is -0.132. The first kappa shape index (κ1) is 14.7. The highest BCUT2D eigenvalue weighted by molar-refractivity contribution is 5.56. The highest BCUT2D eigenvalue weighted by Gasteiger charge is 2.07. The van der Waals surface area contributed by atoms with Crippen LogP contribution in [0.15, 0.2) is 23.1 Å². The van der Waals surface area contributed by atoms with Crippen molar-refractivity contribution in [2.24, 2.45) is 0 Å². The summed E-state index contributed by atoms with van der Waals surface area (Å²) < 4.78 is 0. The van der Waals surface area contributed by atoms with E-state index in [1.165, 1.54) is 0 Å². The van der Waals surface area contributed by atoms with Crippen LogP contribution in [0.3, 0.4) is 0 Å². The zero-order valence-corrected chi connectivity index (χ0v) is 12.3. The van der Waals surface area contributed by atoms with Crippen molar-refractivity contribution in [1.82, 2.24) is 15.0 Å². The minimum Gasteiger partial charge on any atom is -0.359 e. The zero-order chi connectivity index (χ0) is 15.4. The van der Waals surface area contributed by atoms with E-state index in [-0.39, 0.29) is 5.56 Å². The maximum atomic E-state index is 11.8. The Kier molecular flexibility index (Phi) is 4.33. The lowest BCUT2D eigenvalue weighted by Gasteiger charge is -2.16. The van der Waals surface area contributed by atoms with E-state index in [1.807, 2.05) is 31.0 Å². The van der Waals surface area contributed by atoms with Gasteiger partial charge in [0.25, 0.3) is 5.56 Å². The van der Waals surface area contributed by atoms with E-state index >= 15 is 0 Å². The third kappa shape index (κ3) is 3.26. The summed E-state index contributed by atoms with van der Waals surface area (Å²) in [5, 5.41) is 8.59. The monoisotopic (exact) mass is 283 g/mol. The predicted octanol–water partition coefficient (Wildman–Crippen LogP) is 1.80. The van der Waals surface area contributed by atoms with Gasteiger partial charge >= 0.3 is 0 Å². The lowest BCUT2D eigenvalue weighted by atomic mass is 10.2. The van der Waals surface area contributed by atoms with E-state index in [4.69, 9.17) is 5.26 Å². The number of nitriles is 1. The van der Waals surface area contributed by atoms with Crippen LogP contribution in [-0.4, -0.2) is 28.5 Å². The molecule has 0 aromatic carbocycles. The highest BCUT2D eigenvalue weighted by Crippen LogP contribution is 2.17. The van der Waals surface area contributed by atoms with Crippen molar-refractivity contribution in [2.75, 3.05) is 18.5 Å². The number of H-pyrrole nitrogens is 1. The van der Waals surface area contributed by atoms with Gasteiger partial charge in [0.05, 0.1) is 12.5 Å². The lowest BCUT2D eigenvalue weighted by Crippen LogP contribution is -2.19. The fourth-order valence-electron chi connectivity index (χ4n) is 1.87. The van der Waals surface area contributed by atoms with Gasteiger partial charge in [0, 0.05) is 36.6 Å². The van der Waals surface area contributed by atoms with Crippen LogP contribution in [0, 0.1) is 25.2 Å². The van der Waals surface area contributed by atoms with E-state index in [1.54, 1.807) is 13.1 Å². The molecule has 0 spiro atoms. The van der Waals surface area contributed by atoms with Crippen LogP contribution in [0.4, 0.5) is 5.82 Å². The quantitative estimate of drug-likeness (QED) is 0.924. The predicted molar refractivity (Wildman–Crippen MR) is 81.1 cm³/mol. The van der Waals surface area contributed by atoms with Crippen LogP contribution in [0.1, 0.15) is 17.7 Å². The third-order valence-electron chi connectivity index (χ3n) is 3.37. The molecule has 2 aromatic heterocycles. The van der Waals surface area contributed by atoms with Crippen molar-refractivity contribution < 1.29 is 0 Å². The van der Waals surface area contributed by atoms with E-state index < -0.39 is 0 Å². The summed E-state index contributed by atoms with van der Waals surface area (Å²) in [6.07, 6.45) is 2.12. The van der Waals surface area contributed by atoms with Gasteiger partial charge in [-0.15, -0.1) is 0 Å². The Morgan fingerprint density at radius 2 is 2.14 bits per heavy atom. The molecule has 0 unspecified atom stereocenters. The van der Waals surface area contributed by atoms with Gasteiger partial charge in [0.15, 0.2) is 0 Å². The molecule has 0 radical (unpaired) electrons. The van der Waals surface area contributed by atoms with Gasteiger partial charge in [0.2, 0.25) is 0 Å². The summed E-state index contributed by atoms with van der Waals surface area (Å²) in [4.78, 5) is 25.2. The molecule has 0 fully saturated rings. The number of anilines is 1. The van der Waals surface area contributed by atoms with Gasteiger partial charge in [-0.1, -0.05) is 0 Å². The molecule has 0 atom stereocenters. The minimum absolute atomic E-state index is 0.132. The van der Waals surface area contributed by atoms with Gasteiger partial charge in [-0.25, -0.2) is 9.97 Å². The van der Waals surface area contributed by atoms with Gasteiger partial charge in [0.1, 0.15) is 11.6 Å². The first-order valence-electron chi connectivity index (χ1n) is 6.65. The number of pyridine rings is 1. The number of aryl methyl sites for hydroxylation is 1. The lowest BCUT2D eigenvalue weighted by molar-refractivity contribution is 0.885. The van der Waals surface area contributed by atoms with Crippen LogP contribution in [-0.2, 0) is 0 Å². The molecule has 2 aromatic rings. The standard InChI is InChI=1S/C15H17N5O/c1-10-11(2)18-14(19-15(10)21)12-5-6-13(17-9-12)20(3)8-4-7-16/h5-6,9H,4,8H2,1-3H3,(H,18,19,21). The second-order valence-electron chi connectivity index (χ2n) is 4.86. The summed E-state index contributed by atoms with van der Waals surface area (Å²) in [7, 11) is 1.88. The molecule has 2 rings (SSSR count). The van der Waals surface area contributed by atoms with Crippen molar-refractivity contribution >= 4 is 5.82 Å². The molecule has 2 heterocycles. The molecule has 6 nitrogen and oxygen atoms in total. The molecule has 0 bridgehead atoms. The number of nitrogens with zero attached hydrogens (tertiary/aromatic N) is 4. The molecule has 0 saturated heterocycles. The Bertz CT molecular complexity index is 727. The smallest absolute Gasteiger partial charge is 0.254 e. The highest BCUT2D eigenvalue weighted by atomic mass is 16.1. The van der Waals surface area contributed by atoms with Crippen LogP contribution < -0.4 is 10.5 Å². The van der Waals surface area contributed by atoms with Crippen molar-refractivity contribution in [1.29, 1.82) is 5.26 Å². The van der Waals surface area contributed by atoms with Crippen molar-refractivity contribution in [2.45, 2.75) is 20.3 Å². The van der Waals surface area contributed by atoms with Crippen LogP contribution in [0.5, 0.6) is 0 Å². The molecule has 0 saturated carbocycles. The largest absolute Gasteiger partial charge is 0.359 e. The number of aromatic amines is 1. The molecule has 0 aliphatic carbocycles. The van der Waals surface area contributed by atoms with Gasteiger partial charge < -0.3 is 9.88 Å². The molecule has 108 valence electrons. The van der Waals surface area contributed by atoms with Gasteiger partial charge in [-0.2, -0.15) is 5.26 Å². The van der Waals surface area contributed by atoms with Crippen LogP contribution in [0.25, 0.3) is 11.4 Å². The zero-order valence-electron chi connectivity index (χ0n) is 12.3. The van der Waals surface area contributed by atoms with E-state index in [2.05, 4.69) is 21.0 Å². The SMILES string of the molecule is Cc1nc(-c2ccc(N(C)CCC#N)nc2)[nH]c(=O)c1C. The summed E-state index contributed by atoms with van der Waals surface area (Å²) in [5.41, 5.74) is 1.96. The Morgan fingerprint density at radius 1 is 1.38 bits per heavy atom. The fourth-order valence-corrected chi connectivity index (χ4v) is 1.87. The molecule has 6 heteroatoms. The molecule has 1 N–H and O–H groups in total. The van der Waals surface area contributed by atoms with Gasteiger partial charge in [-0.05, 0) is 26.0 Å². The van der Waals surface area contributed by atoms with Crippen molar-refractivity contribution in [3.05, 3.63) is 39.9 Å².